The van der Waals surface area contributed by atoms with Gasteiger partial charge < -0.3 is 0 Å². The number of rotatable bonds is 1. The topological polar surface area (TPSA) is 0 Å². The van der Waals surface area contributed by atoms with Crippen molar-refractivity contribution >= 4 is 0 Å². The normalized spacial score (nSPS) is 4.75. The summed E-state index contributed by atoms with van der Waals surface area (Å²) in [6, 6.07) is 0. The van der Waals surface area contributed by atoms with Crippen LogP contribution in [0.5, 0.6) is 0 Å². The van der Waals surface area contributed by atoms with Gasteiger partial charge in [0, 0.05) is 6.58 Å². The summed E-state index contributed by atoms with van der Waals surface area (Å²) < 4.78 is 0. The van der Waals surface area contributed by atoms with Gasteiger partial charge in [0.2, 0.25) is 0 Å². The monoisotopic (exact) mass is 53.0 g/mol. The van der Waals surface area contributed by atoms with Crippen LogP contribution >= 0.6 is 0 Å². The molecule has 20 valence electrons. The van der Waals surface area contributed by atoms with Gasteiger partial charge in [-0.25, -0.2) is 0 Å². The second kappa shape index (κ2) is 2.39. The van der Waals surface area contributed by atoms with Crippen molar-refractivity contribution in [1.82, 2.24) is 0 Å². The fraction of sp³-hybridized carbons (Fsp3) is 0. The quantitative estimate of drug-likeness (QED) is 0.311. The maximum Gasteiger partial charge on any atom is 0.151 e. The van der Waals surface area contributed by atoms with Crippen molar-refractivity contribution in [2.24, 2.45) is 0 Å². The molecule has 0 nitrogen and oxygen atoms in total. The molecule has 0 aromatic heterocycles. The maximum absolute atomic E-state index is 4.78. The molecule has 0 spiro atoms. The van der Waals surface area contributed by atoms with Crippen LogP contribution in [0.2, 0.25) is 0 Å². The van der Waals surface area contributed by atoms with Crippen LogP contribution in [0.3, 0.4) is 0 Å². The minimum Gasteiger partial charge on any atom is -0.0145 e. The molecule has 0 amide bonds. The lowest BCUT2D eigenvalue weighted by atomic mass is 10.6. The number of allylic oxidation sites excluding steroid dienone is 2. The van der Waals surface area contributed by atoms with Crippen molar-refractivity contribution in [3.8, 4) is 0 Å². The third-order valence-corrected chi connectivity index (χ3v) is 0.136. The van der Waals surface area contributed by atoms with E-state index in [0.717, 1.165) is 0 Å². The minimum absolute atomic E-state index is 1.39. The van der Waals surface area contributed by atoms with Crippen molar-refractivity contribution in [3.05, 3.63) is 25.3 Å². The molecule has 0 aromatic rings. The Morgan fingerprint density at radius 1 is 1.75 bits per heavy atom. The van der Waals surface area contributed by atoms with Crippen LogP contribution in [0, 0.1) is 6.58 Å². The summed E-state index contributed by atoms with van der Waals surface area (Å²) in [7, 11) is 0. The Balaban J connectivity index is 2.73. The fourth-order valence-corrected chi connectivity index (χ4v) is 0. The molecule has 0 saturated carbocycles. The van der Waals surface area contributed by atoms with Gasteiger partial charge in [0.05, 0.1) is 6.08 Å². The molecule has 0 saturated heterocycles. The minimum atomic E-state index is 1.39. The van der Waals surface area contributed by atoms with Gasteiger partial charge in [-0.1, -0.05) is 0 Å². The first-order valence-electron chi connectivity index (χ1n) is 1.07. The zero-order valence-corrected chi connectivity index (χ0v) is 2.44. The Kier molecular flexibility index (Phi) is 2.03. The molecule has 0 bridgehead atoms. The van der Waals surface area contributed by atoms with E-state index in [1.165, 1.54) is 12.2 Å². The van der Waals surface area contributed by atoms with Gasteiger partial charge in [-0.05, 0) is 6.58 Å². The first-order valence-corrected chi connectivity index (χ1v) is 1.07. The predicted octanol–water partition coefficient (Wildman–Crippen LogP) is 1.16. The average Bonchev–Trinajstić information content (AvgIpc) is 1.37. The van der Waals surface area contributed by atoms with Gasteiger partial charge in [-0.2, -0.15) is 0 Å². The summed E-state index contributed by atoms with van der Waals surface area (Å²) in [5.41, 5.74) is 0. The van der Waals surface area contributed by atoms with E-state index in [9.17, 15) is 0 Å². The highest BCUT2D eigenvalue weighted by Gasteiger charge is 1.46. The van der Waals surface area contributed by atoms with Gasteiger partial charge in [0.1, 0.15) is 0 Å². The molecule has 0 aromatic carbocycles. The zero-order chi connectivity index (χ0) is 3.41. The molecule has 0 fully saturated rings. The van der Waals surface area contributed by atoms with Gasteiger partial charge >= 0.3 is 0 Å². The highest BCUT2D eigenvalue weighted by atomic mass is 13.4. The standard InChI is InChI=1S/C4H5/c1-3-4-2/h1,3-4H,2H2/q+1. The predicted molar refractivity (Wildman–Crippen MR) is 19.1 cm³/mol. The van der Waals surface area contributed by atoms with E-state index in [2.05, 4.69) is 6.58 Å². The van der Waals surface area contributed by atoms with E-state index in [1.807, 2.05) is 0 Å². The molecule has 0 aliphatic heterocycles. The summed E-state index contributed by atoms with van der Waals surface area (Å²) in [4.78, 5) is 0. The van der Waals surface area contributed by atoms with Crippen LogP contribution in [0.15, 0.2) is 18.7 Å². The smallest absolute Gasteiger partial charge is 0.0145 e. The lowest BCUT2D eigenvalue weighted by molar-refractivity contribution is 2.11. The van der Waals surface area contributed by atoms with Gasteiger partial charge in [0.25, 0.3) is 0 Å². The van der Waals surface area contributed by atoms with Crippen LogP contribution in [0.1, 0.15) is 0 Å². The first-order chi connectivity index (χ1) is 1.91. The van der Waals surface area contributed by atoms with E-state index >= 15 is 0 Å². The van der Waals surface area contributed by atoms with Gasteiger partial charge in [-0.15, -0.1) is 0 Å². The largest absolute Gasteiger partial charge is 0.151 e. The Hall–Kier alpha value is -0.610. The lowest BCUT2D eigenvalue weighted by Crippen LogP contribution is -1.22. The highest BCUT2D eigenvalue weighted by molar-refractivity contribution is 4.86. The second-order valence-electron chi connectivity index (χ2n) is 0.428. The third-order valence-electron chi connectivity index (χ3n) is 0.136. The highest BCUT2D eigenvalue weighted by Crippen LogP contribution is 1.51. The molecule has 0 radical (unpaired) electrons. The summed E-state index contributed by atoms with van der Waals surface area (Å²) in [6.07, 6.45) is 2.92. The third kappa shape index (κ3) is 1.39. The van der Waals surface area contributed by atoms with E-state index in [-0.39, 0.29) is 0 Å². The van der Waals surface area contributed by atoms with E-state index < -0.39 is 0 Å². The number of hydrogen-bond donors (Lipinski definition) is 0. The summed E-state index contributed by atoms with van der Waals surface area (Å²) in [5, 5.41) is 0. The second-order valence-corrected chi connectivity index (χ2v) is 0.428. The van der Waals surface area contributed by atoms with E-state index in [4.69, 9.17) is 6.58 Å². The Morgan fingerprint density at radius 3 is 2.00 bits per heavy atom. The first kappa shape index (κ1) is 3.39. The Bertz CT molecular complexity index is 21.0. The van der Waals surface area contributed by atoms with Crippen LogP contribution in [0.25, 0.3) is 0 Å². The molecule has 0 aliphatic rings. The van der Waals surface area contributed by atoms with Crippen LogP contribution < -0.4 is 0 Å². The molecular weight excluding hydrogens is 48.0 g/mol. The lowest BCUT2D eigenvalue weighted by Gasteiger charge is -1.28. The van der Waals surface area contributed by atoms with Crippen molar-refractivity contribution in [2.75, 3.05) is 0 Å². The van der Waals surface area contributed by atoms with E-state index in [1.54, 1.807) is 0 Å². The molecular formula is C4H5+. The molecule has 0 aliphatic carbocycles. The number of hydrogen-bond acceptors (Lipinski definition) is 0. The van der Waals surface area contributed by atoms with Crippen molar-refractivity contribution < 1.29 is 0 Å². The Morgan fingerprint density at radius 2 is 2.00 bits per heavy atom. The van der Waals surface area contributed by atoms with Crippen LogP contribution in [-0.2, 0) is 0 Å². The maximum atomic E-state index is 4.78. The molecule has 0 heteroatoms. The van der Waals surface area contributed by atoms with Gasteiger partial charge in [-0.3, -0.25) is 0 Å². The molecule has 0 N–H and O–H groups in total. The Labute approximate surface area is 26.5 Å². The SMILES string of the molecule is [CH+]=CC=C. The molecule has 0 unspecified atom stereocenters. The van der Waals surface area contributed by atoms with Crippen molar-refractivity contribution in [2.45, 2.75) is 0 Å². The van der Waals surface area contributed by atoms with Gasteiger partial charge in [0.15, 0.2) is 6.08 Å². The average molecular weight is 53.1 g/mol. The molecule has 0 rings (SSSR count). The molecule has 0 heterocycles. The van der Waals surface area contributed by atoms with Crippen molar-refractivity contribution in [1.29, 1.82) is 0 Å². The van der Waals surface area contributed by atoms with Crippen LogP contribution in [0.4, 0.5) is 0 Å². The summed E-state index contributed by atoms with van der Waals surface area (Å²) in [5.74, 6) is 0. The van der Waals surface area contributed by atoms with Crippen molar-refractivity contribution in [3.63, 3.8) is 0 Å². The molecule has 4 heavy (non-hydrogen) atoms. The summed E-state index contributed by atoms with van der Waals surface area (Å²) >= 11 is 0. The zero-order valence-electron chi connectivity index (χ0n) is 2.44. The fourth-order valence-electron chi connectivity index (χ4n) is 0. The van der Waals surface area contributed by atoms with E-state index in [0.29, 0.717) is 0 Å². The molecule has 0 atom stereocenters. The van der Waals surface area contributed by atoms with Crippen LogP contribution in [-0.4, -0.2) is 0 Å². The summed E-state index contributed by atoms with van der Waals surface area (Å²) in [6.45, 7) is 8.08.